The molecule has 12 heteroatoms. The zero-order valence-electron chi connectivity index (χ0n) is 16.0. The molecule has 0 aliphatic carbocycles. The van der Waals surface area contributed by atoms with Gasteiger partial charge in [0.2, 0.25) is 5.91 Å². The average Bonchev–Trinajstić information content (AvgIpc) is 3.08. The summed E-state index contributed by atoms with van der Waals surface area (Å²) in [6, 6.07) is -1.91. The van der Waals surface area contributed by atoms with Gasteiger partial charge in [-0.25, -0.2) is 9.37 Å². The van der Waals surface area contributed by atoms with E-state index in [0.29, 0.717) is 8.09 Å². The van der Waals surface area contributed by atoms with Crippen molar-refractivity contribution in [2.75, 3.05) is 12.4 Å². The highest BCUT2D eigenvalue weighted by molar-refractivity contribution is 9.11. The van der Waals surface area contributed by atoms with E-state index in [0.717, 1.165) is 30.5 Å². The van der Waals surface area contributed by atoms with Crippen LogP contribution in [-0.2, 0) is 15.0 Å². The molecule has 1 fully saturated rings. The molecule has 3 atom stereocenters. The lowest BCUT2D eigenvalue weighted by Crippen LogP contribution is -2.55. The van der Waals surface area contributed by atoms with Crippen LogP contribution in [0.15, 0.2) is 28.2 Å². The molecule has 0 bridgehead atoms. The number of carbonyl (C=O) groups is 1. The van der Waals surface area contributed by atoms with Crippen molar-refractivity contribution in [1.82, 2.24) is 14.0 Å². The summed E-state index contributed by atoms with van der Waals surface area (Å²) < 4.78 is 67.0. The highest BCUT2D eigenvalue weighted by atomic mass is 79.9. The number of likely N-dealkylation sites (N-methyl/N-ethyl adjacent to an activating group) is 1. The lowest BCUT2D eigenvalue weighted by atomic mass is 10.1. The van der Waals surface area contributed by atoms with Crippen molar-refractivity contribution in [3.05, 3.63) is 44.0 Å². The summed E-state index contributed by atoms with van der Waals surface area (Å²) in [7, 11) is -3.56. The fraction of sp³-hybridized carbons (Fsp3) is 0.286. The Morgan fingerprint density at radius 1 is 1.65 bits per heavy atom. The summed E-state index contributed by atoms with van der Waals surface area (Å²) >= 11 is 9.73. The van der Waals surface area contributed by atoms with Gasteiger partial charge in [-0.05, 0) is 40.5 Å². The van der Waals surface area contributed by atoms with E-state index in [1.807, 2.05) is 4.72 Å². The molecule has 26 heavy (non-hydrogen) atoms. The van der Waals surface area contributed by atoms with E-state index < -0.39 is 40.4 Å². The zero-order valence-corrected chi connectivity index (χ0v) is 16.9. The van der Waals surface area contributed by atoms with E-state index in [1.54, 1.807) is 0 Å². The molecule has 1 aliphatic rings. The van der Waals surface area contributed by atoms with Gasteiger partial charge in [0.1, 0.15) is 16.8 Å². The van der Waals surface area contributed by atoms with Gasteiger partial charge < -0.3 is 5.32 Å². The lowest BCUT2D eigenvalue weighted by Gasteiger charge is -2.35. The molecule has 1 aliphatic heterocycles. The number of nitrogens with one attached hydrogen (secondary N) is 2. The summed E-state index contributed by atoms with van der Waals surface area (Å²) in [5, 5.41) is 1.86. The monoisotopic (exact) mass is 485 g/mol. The molecule has 2 N–H and O–H groups in total. The van der Waals surface area contributed by atoms with Crippen molar-refractivity contribution in [3.8, 4) is 0 Å². The summed E-state index contributed by atoms with van der Waals surface area (Å²) in [6.45, 7) is 0. The first-order valence-electron chi connectivity index (χ1n) is 8.48. The number of hydrogen-bond acceptors (Lipinski definition) is 5. The minimum absolute atomic E-state index is 0.00266. The van der Waals surface area contributed by atoms with Gasteiger partial charge in [-0.2, -0.15) is 17.4 Å². The molecule has 1 aromatic carbocycles. The quantitative estimate of drug-likeness (QED) is 0.698. The van der Waals surface area contributed by atoms with Crippen LogP contribution in [0.4, 0.5) is 10.1 Å². The third-order valence-electron chi connectivity index (χ3n) is 3.34. The second-order valence-corrected chi connectivity index (χ2v) is 9.59. The predicted molar refractivity (Wildman–Crippen MR) is 101 cm³/mol. The summed E-state index contributed by atoms with van der Waals surface area (Å²) in [5.74, 6) is -1.94. The molecule has 7 nitrogen and oxygen atoms in total. The Hall–Kier alpha value is -1.11. The Morgan fingerprint density at radius 3 is 3.00 bits per heavy atom. The number of thiazole rings is 1. The molecule has 1 aromatic heterocycles. The Bertz CT molecular complexity index is 1090. The third-order valence-corrected chi connectivity index (χ3v) is 6.53. The number of hydrogen-bond donors (Lipinski definition) is 2. The van der Waals surface area contributed by atoms with Gasteiger partial charge in [-0.1, -0.05) is 11.6 Å². The van der Waals surface area contributed by atoms with E-state index in [-0.39, 0.29) is 15.7 Å². The zero-order chi connectivity index (χ0) is 21.8. The SMILES string of the molecule is [2H]C1C([2H])(c2ncc(Br)s2)NS(=O)(=O)N(C)C1([2H])C(=O)Nc1ccc(F)c(Cl)c1. The van der Waals surface area contributed by atoms with Gasteiger partial charge in [0.15, 0.2) is 0 Å². The molecular weight excluding hydrogens is 471 g/mol. The van der Waals surface area contributed by atoms with Crippen molar-refractivity contribution in [3.63, 3.8) is 0 Å². The maximum Gasteiger partial charge on any atom is 0.280 e. The smallest absolute Gasteiger partial charge is 0.280 e. The number of halogens is 3. The van der Waals surface area contributed by atoms with Crippen molar-refractivity contribution < 1.29 is 21.7 Å². The normalized spacial score (nSPS) is 33.1. The first kappa shape index (κ1) is 15.9. The van der Waals surface area contributed by atoms with Crippen LogP contribution >= 0.6 is 38.9 Å². The Morgan fingerprint density at radius 2 is 2.38 bits per heavy atom. The second kappa shape index (κ2) is 7.49. The maximum absolute atomic E-state index is 13.3. The van der Waals surface area contributed by atoms with Gasteiger partial charge in [0, 0.05) is 14.1 Å². The minimum Gasteiger partial charge on any atom is -0.325 e. The van der Waals surface area contributed by atoms with Crippen LogP contribution in [0.25, 0.3) is 0 Å². The van der Waals surface area contributed by atoms with E-state index >= 15 is 0 Å². The standard InChI is InChI=1S/C14H13BrClFN4O3S2/c1-21-11(13(22)19-7-2-3-9(17)8(16)4-7)5-10(20-26(21,23)24)14-18-6-12(15)25-14/h2-4,6,10-11,20H,5H2,1H3,(H,19,22)/i5D,10D,11D. The molecule has 0 radical (unpaired) electrons. The Balaban J connectivity index is 2.06. The number of amides is 1. The Kier molecular flexibility index (Phi) is 4.58. The summed E-state index contributed by atoms with van der Waals surface area (Å²) in [4.78, 5) is 16.8. The lowest BCUT2D eigenvalue weighted by molar-refractivity contribution is -0.120. The number of aromatic nitrogens is 1. The Labute approximate surface area is 171 Å². The fourth-order valence-electron chi connectivity index (χ4n) is 2.06. The first-order chi connectivity index (χ1) is 13.3. The number of anilines is 1. The fourth-order valence-corrected chi connectivity index (χ4v) is 4.44. The van der Waals surface area contributed by atoms with Crippen molar-refractivity contribution in [1.29, 1.82) is 0 Å². The number of nitrogens with zero attached hydrogens (tertiary/aromatic N) is 2. The van der Waals surface area contributed by atoms with E-state index in [2.05, 4.69) is 26.2 Å². The molecule has 0 spiro atoms. The molecule has 2 heterocycles. The maximum atomic E-state index is 13.3. The highest BCUT2D eigenvalue weighted by Crippen LogP contribution is 2.32. The second-order valence-electron chi connectivity index (χ2n) is 5.07. The minimum atomic E-state index is -4.51. The molecule has 0 saturated carbocycles. The van der Waals surface area contributed by atoms with Crippen LogP contribution in [-0.4, -0.2) is 36.7 Å². The number of carbonyl (C=O) groups excluding carboxylic acids is 1. The topological polar surface area (TPSA) is 91.4 Å². The van der Waals surface area contributed by atoms with Crippen LogP contribution in [0.1, 0.15) is 21.5 Å². The molecule has 3 rings (SSSR count). The van der Waals surface area contributed by atoms with Gasteiger partial charge in [-0.3, -0.25) is 4.79 Å². The predicted octanol–water partition coefficient (Wildman–Crippen LogP) is 2.92. The highest BCUT2D eigenvalue weighted by Gasteiger charge is 2.41. The van der Waals surface area contributed by atoms with Crippen LogP contribution in [0, 0.1) is 5.82 Å². The van der Waals surface area contributed by atoms with Gasteiger partial charge in [0.25, 0.3) is 10.2 Å². The molecule has 3 unspecified atom stereocenters. The van der Waals surface area contributed by atoms with E-state index in [4.69, 9.17) is 15.7 Å². The molecular formula is C14H13BrClFN4O3S2. The molecule has 1 amide bonds. The van der Waals surface area contributed by atoms with Crippen LogP contribution in [0.5, 0.6) is 0 Å². The van der Waals surface area contributed by atoms with Gasteiger partial charge >= 0.3 is 0 Å². The molecule has 1 saturated heterocycles. The summed E-state index contributed by atoms with van der Waals surface area (Å²) in [5.41, 5.74) is -0.00266. The van der Waals surface area contributed by atoms with Crippen LogP contribution in [0.2, 0.25) is 5.02 Å². The van der Waals surface area contributed by atoms with Crippen LogP contribution in [0.3, 0.4) is 0 Å². The van der Waals surface area contributed by atoms with Crippen LogP contribution < -0.4 is 10.0 Å². The van der Waals surface area contributed by atoms with Crippen molar-refractivity contribution in [2.24, 2.45) is 0 Å². The largest absolute Gasteiger partial charge is 0.325 e. The molecule has 2 aromatic rings. The van der Waals surface area contributed by atoms with Gasteiger partial charge in [-0.15, -0.1) is 11.3 Å². The first-order valence-corrected chi connectivity index (χ1v) is 10.3. The van der Waals surface area contributed by atoms with E-state index in [1.165, 1.54) is 12.3 Å². The third kappa shape index (κ3) is 4.07. The van der Waals surface area contributed by atoms with Gasteiger partial charge in [0.05, 0.1) is 23.8 Å². The van der Waals surface area contributed by atoms with Crippen molar-refractivity contribution in [2.45, 2.75) is 18.4 Å². The van der Waals surface area contributed by atoms with E-state index in [9.17, 15) is 17.6 Å². The summed E-state index contributed by atoms with van der Waals surface area (Å²) in [6.07, 6.45) is -0.625. The van der Waals surface area contributed by atoms with Crippen molar-refractivity contribution >= 4 is 60.7 Å². The number of benzene rings is 1. The number of rotatable bonds is 3. The molecule has 140 valence electrons. The average molecular weight is 487 g/mol.